The first kappa shape index (κ1) is 14.2. The van der Waals surface area contributed by atoms with Crippen LogP contribution >= 0.6 is 0 Å². The highest BCUT2D eigenvalue weighted by Gasteiger charge is 2.22. The van der Waals surface area contributed by atoms with Crippen LogP contribution in [0.2, 0.25) is 0 Å². The summed E-state index contributed by atoms with van der Waals surface area (Å²) in [6.07, 6.45) is 0. The molecule has 0 radical (unpaired) electrons. The van der Waals surface area contributed by atoms with Gasteiger partial charge in [0.15, 0.2) is 0 Å². The lowest BCUT2D eigenvalue weighted by atomic mass is 10.0. The van der Waals surface area contributed by atoms with E-state index in [2.05, 4.69) is 9.58 Å². The van der Waals surface area contributed by atoms with Gasteiger partial charge in [-0.1, -0.05) is 0 Å². The van der Waals surface area contributed by atoms with E-state index in [1.165, 1.54) is 13.0 Å². The van der Waals surface area contributed by atoms with Crippen LogP contribution in [0.1, 0.15) is 13.8 Å². The van der Waals surface area contributed by atoms with E-state index in [0.29, 0.717) is 0 Å². The van der Waals surface area contributed by atoms with Gasteiger partial charge in [0.1, 0.15) is 11.3 Å². The molecule has 0 aliphatic carbocycles. The second-order valence-corrected chi connectivity index (χ2v) is 2.74. The molecule has 0 aliphatic rings. The second kappa shape index (κ2) is 6.66. The Kier molecular flexibility index (Phi) is 5.57. The molecule has 0 fully saturated rings. The topological polar surface area (TPSA) is 98.5 Å². The van der Waals surface area contributed by atoms with Crippen molar-refractivity contribution < 1.29 is 14.6 Å². The van der Waals surface area contributed by atoms with E-state index in [9.17, 15) is 9.90 Å². The Morgan fingerprint density at radius 3 is 2.35 bits per heavy atom. The van der Waals surface area contributed by atoms with Gasteiger partial charge in [-0.15, -0.1) is 0 Å². The van der Waals surface area contributed by atoms with Gasteiger partial charge in [0.2, 0.25) is 0 Å². The fourth-order valence-corrected chi connectivity index (χ4v) is 0.998. The Morgan fingerprint density at radius 2 is 2.06 bits per heavy atom. The van der Waals surface area contributed by atoms with Gasteiger partial charge in [0.05, 0.1) is 30.9 Å². The van der Waals surface area contributed by atoms with Crippen molar-refractivity contribution in [2.24, 2.45) is 0 Å². The molecule has 0 rings (SSSR count). The molecule has 17 heavy (non-hydrogen) atoms. The van der Waals surface area contributed by atoms with Crippen LogP contribution in [-0.4, -0.2) is 17.7 Å². The number of aliphatic hydroxyl groups is 1. The predicted molar refractivity (Wildman–Crippen MR) is 56.8 cm³/mol. The highest BCUT2D eigenvalue weighted by atomic mass is 16.5. The Hall–Kier alpha value is -2.78. The third-order valence-corrected chi connectivity index (χ3v) is 1.66. The third kappa shape index (κ3) is 3.37. The minimum atomic E-state index is -0.944. The summed E-state index contributed by atoms with van der Waals surface area (Å²) in [7, 11) is 0. The summed E-state index contributed by atoms with van der Waals surface area (Å²) < 4.78 is 4.63. The van der Waals surface area contributed by atoms with E-state index >= 15 is 0 Å². The SMILES string of the molecule is [C-]#[N+]/C(C#N)=C(C#N)\C(C(=O)OCC)=C(/C)O. The summed E-state index contributed by atoms with van der Waals surface area (Å²) >= 11 is 0. The number of nitrogens with zero attached hydrogens (tertiary/aromatic N) is 3. The summed E-state index contributed by atoms with van der Waals surface area (Å²) in [5.74, 6) is -1.42. The maximum absolute atomic E-state index is 11.5. The summed E-state index contributed by atoms with van der Waals surface area (Å²) in [5.41, 5.74) is -1.51. The number of carbonyl (C=O) groups excluding carboxylic acids is 1. The molecule has 0 spiro atoms. The average molecular weight is 231 g/mol. The van der Waals surface area contributed by atoms with Gasteiger partial charge in [-0.3, -0.25) is 0 Å². The molecule has 0 saturated carbocycles. The molecular weight excluding hydrogens is 222 g/mol. The minimum absolute atomic E-state index is 0.0498. The lowest BCUT2D eigenvalue weighted by molar-refractivity contribution is -0.138. The standard InChI is InChI=1S/C11H9N3O3/c1-4-17-11(16)10(7(2)15)8(5-12)9(6-13)14-3/h15H,4H2,1-2H3/b9-8-,10-7-. The summed E-state index contributed by atoms with van der Waals surface area (Å²) in [6, 6.07) is 3.03. The van der Waals surface area contributed by atoms with E-state index in [1.54, 1.807) is 13.0 Å². The van der Waals surface area contributed by atoms with Crippen LogP contribution in [0.3, 0.4) is 0 Å². The lowest BCUT2D eigenvalue weighted by Gasteiger charge is -2.06. The van der Waals surface area contributed by atoms with Crippen LogP contribution in [0.4, 0.5) is 0 Å². The number of nitriles is 2. The maximum Gasteiger partial charge on any atom is 0.341 e. The number of esters is 1. The smallest absolute Gasteiger partial charge is 0.341 e. The van der Waals surface area contributed by atoms with E-state index < -0.39 is 28.6 Å². The van der Waals surface area contributed by atoms with Crippen LogP contribution < -0.4 is 0 Å². The average Bonchev–Trinajstić information content (AvgIpc) is 2.28. The van der Waals surface area contributed by atoms with Crippen molar-refractivity contribution in [1.29, 1.82) is 10.5 Å². The van der Waals surface area contributed by atoms with Gasteiger partial charge in [0.25, 0.3) is 5.70 Å². The van der Waals surface area contributed by atoms with Crippen LogP contribution in [0.25, 0.3) is 4.85 Å². The maximum atomic E-state index is 11.5. The molecule has 0 aliphatic heterocycles. The Morgan fingerprint density at radius 1 is 1.47 bits per heavy atom. The molecule has 0 aromatic carbocycles. The van der Waals surface area contributed by atoms with Crippen molar-refractivity contribution in [3.05, 3.63) is 34.0 Å². The molecule has 0 saturated heterocycles. The second-order valence-electron chi connectivity index (χ2n) is 2.74. The monoisotopic (exact) mass is 231 g/mol. The van der Waals surface area contributed by atoms with Gasteiger partial charge in [-0.2, -0.15) is 5.26 Å². The number of hydrogen-bond donors (Lipinski definition) is 1. The number of carbonyl (C=O) groups is 1. The van der Waals surface area contributed by atoms with Gasteiger partial charge in [-0.05, 0) is 13.8 Å². The van der Waals surface area contributed by atoms with E-state index in [4.69, 9.17) is 17.1 Å². The van der Waals surface area contributed by atoms with E-state index in [0.717, 1.165) is 0 Å². The first-order chi connectivity index (χ1) is 8.03. The number of ether oxygens (including phenoxy) is 1. The predicted octanol–water partition coefficient (Wildman–Crippen LogP) is 1.60. The molecule has 0 aromatic rings. The molecule has 0 unspecified atom stereocenters. The van der Waals surface area contributed by atoms with Gasteiger partial charge >= 0.3 is 5.97 Å². The lowest BCUT2D eigenvalue weighted by Crippen LogP contribution is -2.12. The fraction of sp³-hybridized carbons (Fsp3) is 0.273. The molecule has 0 amide bonds. The van der Waals surface area contributed by atoms with E-state index in [1.807, 2.05) is 0 Å². The van der Waals surface area contributed by atoms with Crippen molar-refractivity contribution in [3.63, 3.8) is 0 Å². The zero-order valence-electron chi connectivity index (χ0n) is 9.31. The number of hydrogen-bond acceptors (Lipinski definition) is 5. The summed E-state index contributed by atoms with van der Waals surface area (Å²) in [5, 5.41) is 26.8. The fourth-order valence-electron chi connectivity index (χ4n) is 0.998. The van der Waals surface area contributed by atoms with E-state index in [-0.39, 0.29) is 6.61 Å². The molecule has 0 aromatic heterocycles. The molecule has 86 valence electrons. The number of rotatable bonds is 3. The minimum Gasteiger partial charge on any atom is -0.512 e. The van der Waals surface area contributed by atoms with Crippen molar-refractivity contribution in [3.8, 4) is 12.1 Å². The van der Waals surface area contributed by atoms with Crippen LogP contribution in [0, 0.1) is 29.2 Å². The van der Waals surface area contributed by atoms with Gasteiger partial charge in [-0.25, -0.2) is 14.9 Å². The third-order valence-electron chi connectivity index (χ3n) is 1.66. The Bertz CT molecular complexity index is 490. The highest BCUT2D eigenvalue weighted by Crippen LogP contribution is 2.19. The van der Waals surface area contributed by atoms with Crippen LogP contribution in [0.15, 0.2) is 22.6 Å². The molecule has 0 bridgehead atoms. The van der Waals surface area contributed by atoms with Gasteiger partial charge < -0.3 is 9.84 Å². The molecular formula is C11H9N3O3. The Labute approximate surface area is 98.5 Å². The summed E-state index contributed by atoms with van der Waals surface area (Å²) in [4.78, 5) is 14.3. The zero-order chi connectivity index (χ0) is 13.4. The van der Waals surface area contributed by atoms with Crippen molar-refractivity contribution in [1.82, 2.24) is 0 Å². The van der Waals surface area contributed by atoms with Crippen LogP contribution in [-0.2, 0) is 9.53 Å². The molecule has 0 heterocycles. The largest absolute Gasteiger partial charge is 0.512 e. The zero-order valence-corrected chi connectivity index (χ0v) is 9.31. The number of allylic oxidation sites excluding steroid dienone is 2. The summed E-state index contributed by atoms with van der Waals surface area (Å²) in [6.45, 7) is 9.48. The van der Waals surface area contributed by atoms with Crippen molar-refractivity contribution in [2.45, 2.75) is 13.8 Å². The molecule has 1 N–H and O–H groups in total. The van der Waals surface area contributed by atoms with Gasteiger partial charge in [0, 0.05) is 0 Å². The van der Waals surface area contributed by atoms with Crippen molar-refractivity contribution in [2.75, 3.05) is 6.61 Å². The quantitative estimate of drug-likeness (QED) is 0.198. The van der Waals surface area contributed by atoms with Crippen LogP contribution in [0.5, 0.6) is 0 Å². The highest BCUT2D eigenvalue weighted by molar-refractivity contribution is 5.96. The molecule has 0 atom stereocenters. The van der Waals surface area contributed by atoms with Crippen molar-refractivity contribution >= 4 is 5.97 Å². The first-order valence-corrected chi connectivity index (χ1v) is 4.52. The Balaban J connectivity index is 5.88. The normalized spacial score (nSPS) is 12.2. The first-order valence-electron chi connectivity index (χ1n) is 4.52. The molecule has 6 heteroatoms. The number of aliphatic hydroxyl groups excluding tert-OH is 1. The molecule has 6 nitrogen and oxygen atoms in total.